The fourth-order valence-corrected chi connectivity index (χ4v) is 2.37. The highest BCUT2D eigenvalue weighted by atomic mass is 32.2. The molecule has 7 nitrogen and oxygen atoms in total. The standard InChI is InChI=1S/C14H18FN3O4S/c1-21-12-5-3-10(9-11(12)15)4-6-13-17-14(22-18-13)16-7-8-23(2,19)20/h3,5,9H,4,6-8H2,1-2H3,(H,16,17,18). The first-order valence-electron chi connectivity index (χ1n) is 6.94. The highest BCUT2D eigenvalue weighted by molar-refractivity contribution is 7.90. The largest absolute Gasteiger partial charge is 0.494 e. The lowest BCUT2D eigenvalue weighted by Crippen LogP contribution is -2.14. The molecule has 0 saturated carbocycles. The van der Waals surface area contributed by atoms with Crippen molar-refractivity contribution < 1.29 is 22.1 Å². The van der Waals surface area contributed by atoms with Crippen molar-refractivity contribution in [2.45, 2.75) is 12.8 Å². The summed E-state index contributed by atoms with van der Waals surface area (Å²) in [4.78, 5) is 4.10. The third-order valence-corrected chi connectivity index (χ3v) is 4.02. The number of halogens is 1. The number of nitrogens with one attached hydrogen (secondary N) is 1. The number of benzene rings is 1. The number of hydrogen-bond donors (Lipinski definition) is 1. The summed E-state index contributed by atoms with van der Waals surface area (Å²) in [6.07, 6.45) is 2.17. The van der Waals surface area contributed by atoms with Gasteiger partial charge in [-0.25, -0.2) is 12.8 Å². The van der Waals surface area contributed by atoms with Gasteiger partial charge in [0.05, 0.1) is 12.9 Å². The molecule has 2 aromatic rings. The molecule has 0 aliphatic rings. The van der Waals surface area contributed by atoms with Gasteiger partial charge in [-0.15, -0.1) is 0 Å². The van der Waals surface area contributed by atoms with Gasteiger partial charge in [-0.3, -0.25) is 0 Å². The Bertz CT molecular complexity index is 761. The van der Waals surface area contributed by atoms with Crippen LogP contribution in [0.2, 0.25) is 0 Å². The minimum Gasteiger partial charge on any atom is -0.494 e. The number of sulfone groups is 1. The van der Waals surface area contributed by atoms with Gasteiger partial charge in [0.25, 0.3) is 0 Å². The van der Waals surface area contributed by atoms with Crippen molar-refractivity contribution in [3.63, 3.8) is 0 Å². The topological polar surface area (TPSA) is 94.3 Å². The molecule has 126 valence electrons. The van der Waals surface area contributed by atoms with Crippen LogP contribution in [0, 0.1) is 5.82 Å². The van der Waals surface area contributed by atoms with Crippen LogP contribution in [0.25, 0.3) is 0 Å². The lowest BCUT2D eigenvalue weighted by atomic mass is 10.1. The first-order valence-corrected chi connectivity index (χ1v) is 9.00. The van der Waals surface area contributed by atoms with Gasteiger partial charge < -0.3 is 14.6 Å². The van der Waals surface area contributed by atoms with E-state index < -0.39 is 15.7 Å². The fraction of sp³-hybridized carbons (Fsp3) is 0.429. The van der Waals surface area contributed by atoms with Gasteiger partial charge in [-0.05, 0) is 24.1 Å². The molecule has 0 radical (unpaired) electrons. The van der Waals surface area contributed by atoms with Crippen LogP contribution in [-0.2, 0) is 22.7 Å². The zero-order valence-electron chi connectivity index (χ0n) is 12.9. The van der Waals surface area contributed by atoms with Gasteiger partial charge in [-0.2, -0.15) is 4.98 Å². The van der Waals surface area contributed by atoms with Crippen LogP contribution in [0.5, 0.6) is 5.75 Å². The number of aromatic nitrogens is 2. The summed E-state index contributed by atoms with van der Waals surface area (Å²) in [5.41, 5.74) is 0.791. The molecule has 1 heterocycles. The van der Waals surface area contributed by atoms with E-state index in [-0.39, 0.29) is 24.1 Å². The summed E-state index contributed by atoms with van der Waals surface area (Å²) in [6.45, 7) is 0.199. The lowest BCUT2D eigenvalue weighted by molar-refractivity contribution is 0.386. The number of hydrogen-bond acceptors (Lipinski definition) is 7. The molecule has 23 heavy (non-hydrogen) atoms. The fourth-order valence-electron chi connectivity index (χ4n) is 1.89. The van der Waals surface area contributed by atoms with E-state index in [1.54, 1.807) is 12.1 Å². The predicted molar refractivity (Wildman–Crippen MR) is 82.9 cm³/mol. The lowest BCUT2D eigenvalue weighted by Gasteiger charge is -2.03. The normalized spacial score (nSPS) is 11.4. The number of nitrogens with zero attached hydrogens (tertiary/aromatic N) is 2. The van der Waals surface area contributed by atoms with E-state index >= 15 is 0 Å². The average molecular weight is 343 g/mol. The summed E-state index contributed by atoms with van der Waals surface area (Å²) in [7, 11) is -1.63. The minimum absolute atomic E-state index is 0.0180. The second kappa shape index (κ2) is 7.40. The summed E-state index contributed by atoms with van der Waals surface area (Å²) in [5, 5.41) is 6.53. The first-order chi connectivity index (χ1) is 10.9. The molecule has 0 aliphatic heterocycles. The Morgan fingerprint density at radius 1 is 1.35 bits per heavy atom. The highest BCUT2D eigenvalue weighted by Crippen LogP contribution is 2.18. The zero-order valence-corrected chi connectivity index (χ0v) is 13.7. The maximum Gasteiger partial charge on any atom is 0.321 e. The highest BCUT2D eigenvalue weighted by Gasteiger charge is 2.09. The van der Waals surface area contributed by atoms with Crippen molar-refractivity contribution in [3.05, 3.63) is 35.4 Å². The van der Waals surface area contributed by atoms with Crippen LogP contribution in [0.15, 0.2) is 22.7 Å². The number of aryl methyl sites for hydroxylation is 2. The molecule has 0 aliphatic carbocycles. The number of rotatable bonds is 8. The van der Waals surface area contributed by atoms with Crippen molar-refractivity contribution in [2.24, 2.45) is 0 Å². The van der Waals surface area contributed by atoms with Crippen molar-refractivity contribution in [1.82, 2.24) is 10.1 Å². The summed E-state index contributed by atoms with van der Waals surface area (Å²) < 4.78 is 45.4. The molecular weight excluding hydrogens is 325 g/mol. The SMILES string of the molecule is COc1ccc(CCc2noc(NCCS(C)(=O)=O)n2)cc1F. The van der Waals surface area contributed by atoms with Gasteiger partial charge in [-0.1, -0.05) is 11.2 Å². The van der Waals surface area contributed by atoms with E-state index in [0.717, 1.165) is 11.8 Å². The van der Waals surface area contributed by atoms with E-state index in [4.69, 9.17) is 9.26 Å². The third-order valence-electron chi connectivity index (χ3n) is 3.07. The molecule has 1 aromatic heterocycles. The molecule has 0 spiro atoms. The molecule has 0 bridgehead atoms. The second-order valence-electron chi connectivity index (χ2n) is 5.04. The Morgan fingerprint density at radius 3 is 2.78 bits per heavy atom. The van der Waals surface area contributed by atoms with Crippen LogP contribution < -0.4 is 10.1 Å². The van der Waals surface area contributed by atoms with Crippen LogP contribution in [0.4, 0.5) is 10.4 Å². The Hall–Kier alpha value is -2.16. The first kappa shape index (κ1) is 17.2. The van der Waals surface area contributed by atoms with Crippen LogP contribution >= 0.6 is 0 Å². The molecule has 1 N–H and O–H groups in total. The van der Waals surface area contributed by atoms with Crippen molar-refractivity contribution in [2.75, 3.05) is 31.0 Å². The van der Waals surface area contributed by atoms with E-state index in [1.807, 2.05) is 0 Å². The Labute approximate surface area is 133 Å². The molecule has 0 saturated heterocycles. The van der Waals surface area contributed by atoms with Crippen LogP contribution in [-0.4, -0.2) is 44.2 Å². The third kappa shape index (κ3) is 5.51. The molecule has 0 unspecified atom stereocenters. The Balaban J connectivity index is 1.86. The molecule has 0 fully saturated rings. The smallest absolute Gasteiger partial charge is 0.321 e. The van der Waals surface area contributed by atoms with Crippen molar-refractivity contribution in [3.8, 4) is 5.75 Å². The second-order valence-corrected chi connectivity index (χ2v) is 7.30. The van der Waals surface area contributed by atoms with E-state index in [9.17, 15) is 12.8 Å². The quantitative estimate of drug-likeness (QED) is 0.775. The van der Waals surface area contributed by atoms with Crippen molar-refractivity contribution >= 4 is 15.9 Å². The van der Waals surface area contributed by atoms with Gasteiger partial charge in [0.2, 0.25) is 0 Å². The van der Waals surface area contributed by atoms with E-state index in [2.05, 4.69) is 15.5 Å². The summed E-state index contributed by atoms with van der Waals surface area (Å²) in [5.74, 6) is 0.227. The Morgan fingerprint density at radius 2 is 2.13 bits per heavy atom. The van der Waals surface area contributed by atoms with Gasteiger partial charge in [0.1, 0.15) is 9.84 Å². The predicted octanol–water partition coefficient (Wildman–Crippen LogP) is 1.46. The molecule has 9 heteroatoms. The maximum atomic E-state index is 13.6. The van der Waals surface area contributed by atoms with Gasteiger partial charge >= 0.3 is 6.01 Å². The molecule has 0 atom stereocenters. The van der Waals surface area contributed by atoms with E-state index in [0.29, 0.717) is 18.7 Å². The van der Waals surface area contributed by atoms with Gasteiger partial charge in [0.15, 0.2) is 17.4 Å². The molecule has 1 aromatic carbocycles. The van der Waals surface area contributed by atoms with Crippen LogP contribution in [0.3, 0.4) is 0 Å². The number of ether oxygens (including phenoxy) is 1. The van der Waals surface area contributed by atoms with Crippen molar-refractivity contribution in [1.29, 1.82) is 0 Å². The summed E-state index contributed by atoms with van der Waals surface area (Å²) in [6, 6.07) is 4.92. The number of methoxy groups -OCH3 is 1. The molecule has 0 amide bonds. The molecular formula is C14H18FN3O4S. The van der Waals surface area contributed by atoms with E-state index in [1.165, 1.54) is 13.2 Å². The van der Waals surface area contributed by atoms with Gasteiger partial charge in [0, 0.05) is 19.2 Å². The zero-order chi connectivity index (χ0) is 16.9. The molecule has 2 rings (SSSR count). The van der Waals surface area contributed by atoms with Crippen LogP contribution in [0.1, 0.15) is 11.4 Å². The minimum atomic E-state index is -3.04. The Kier molecular flexibility index (Phi) is 5.54. The monoisotopic (exact) mass is 343 g/mol. The average Bonchev–Trinajstić information content (AvgIpc) is 2.92. The number of anilines is 1. The summed E-state index contributed by atoms with van der Waals surface area (Å²) >= 11 is 0. The maximum absolute atomic E-state index is 13.6.